The second-order valence-corrected chi connectivity index (χ2v) is 8.90. The molecule has 3 aromatic rings. The second-order valence-electron chi connectivity index (χ2n) is 7.52. The molecule has 2 aliphatic rings. The van der Waals surface area contributed by atoms with Gasteiger partial charge >= 0.3 is 0 Å². The Morgan fingerprint density at radius 3 is 2.16 bits per heavy atom. The highest BCUT2D eigenvalue weighted by atomic mass is 35.5. The van der Waals surface area contributed by atoms with E-state index in [9.17, 15) is 9.59 Å². The molecule has 0 radical (unpaired) electrons. The van der Waals surface area contributed by atoms with E-state index in [1.807, 2.05) is 29.6 Å². The molecule has 0 saturated carbocycles. The number of nitrogens with zero attached hydrogens (tertiary/aromatic N) is 2. The van der Waals surface area contributed by atoms with Crippen molar-refractivity contribution in [3.8, 4) is 0 Å². The van der Waals surface area contributed by atoms with Gasteiger partial charge in [-0.1, -0.05) is 17.7 Å². The van der Waals surface area contributed by atoms with Crippen LogP contribution < -0.4 is 15.1 Å². The van der Waals surface area contributed by atoms with Crippen LogP contribution in [0.1, 0.15) is 17.7 Å². The quantitative estimate of drug-likeness (QED) is 0.530. The lowest BCUT2D eigenvalue weighted by atomic mass is 10.1. The number of benzene rings is 2. The van der Waals surface area contributed by atoms with Crippen LogP contribution >= 0.6 is 22.9 Å². The average molecular weight is 450 g/mol. The molecular formula is C24H20ClN3O2S. The Morgan fingerprint density at radius 1 is 0.839 bits per heavy atom. The summed E-state index contributed by atoms with van der Waals surface area (Å²) in [5, 5.41) is 5.66. The van der Waals surface area contributed by atoms with Gasteiger partial charge in [0.25, 0.3) is 11.8 Å². The molecule has 1 aromatic heterocycles. The average Bonchev–Trinajstić information content (AvgIpc) is 3.53. The zero-order valence-corrected chi connectivity index (χ0v) is 18.2. The van der Waals surface area contributed by atoms with Gasteiger partial charge in [0.1, 0.15) is 5.70 Å². The molecule has 1 fully saturated rings. The van der Waals surface area contributed by atoms with Crippen LogP contribution in [0.25, 0.3) is 5.57 Å². The highest BCUT2D eigenvalue weighted by Crippen LogP contribution is 2.36. The van der Waals surface area contributed by atoms with Gasteiger partial charge in [0.05, 0.1) is 11.3 Å². The number of nitrogens with one attached hydrogen (secondary N) is 1. The summed E-state index contributed by atoms with van der Waals surface area (Å²) < 4.78 is 0. The van der Waals surface area contributed by atoms with Crippen molar-refractivity contribution in [1.29, 1.82) is 0 Å². The first-order chi connectivity index (χ1) is 15.1. The highest BCUT2D eigenvalue weighted by molar-refractivity contribution is 7.11. The molecule has 5 rings (SSSR count). The third kappa shape index (κ3) is 3.73. The molecular weight excluding hydrogens is 430 g/mol. The van der Waals surface area contributed by atoms with Gasteiger partial charge < -0.3 is 10.2 Å². The number of halogens is 1. The molecule has 0 unspecified atom stereocenters. The summed E-state index contributed by atoms with van der Waals surface area (Å²) in [5.41, 5.74) is 3.11. The van der Waals surface area contributed by atoms with Gasteiger partial charge in [0.2, 0.25) is 0 Å². The molecule has 0 spiro atoms. The topological polar surface area (TPSA) is 52.7 Å². The SMILES string of the molecule is O=C1C(Nc2ccc(N3CCCC3)cc2)=C(c2cccs2)C(=O)N1c1ccc(Cl)cc1. The summed E-state index contributed by atoms with van der Waals surface area (Å²) in [6, 6.07) is 18.4. The summed E-state index contributed by atoms with van der Waals surface area (Å²) in [6.45, 7) is 2.15. The predicted octanol–water partition coefficient (Wildman–Crippen LogP) is 5.40. The van der Waals surface area contributed by atoms with Gasteiger partial charge in [-0.2, -0.15) is 0 Å². The Bertz CT molecular complexity index is 1150. The third-order valence-corrected chi connectivity index (χ3v) is 6.68. The van der Waals surface area contributed by atoms with E-state index in [-0.39, 0.29) is 17.5 Å². The van der Waals surface area contributed by atoms with Gasteiger partial charge in [0, 0.05) is 34.4 Å². The predicted molar refractivity (Wildman–Crippen MR) is 127 cm³/mol. The minimum atomic E-state index is -0.376. The van der Waals surface area contributed by atoms with Crippen LogP contribution in [0.15, 0.2) is 71.7 Å². The number of carbonyl (C=O) groups excluding carboxylic acids is 2. The summed E-state index contributed by atoms with van der Waals surface area (Å²) in [7, 11) is 0. The van der Waals surface area contributed by atoms with Crippen molar-refractivity contribution < 1.29 is 9.59 Å². The van der Waals surface area contributed by atoms with Gasteiger partial charge in [-0.05, 0) is 72.8 Å². The Balaban J connectivity index is 1.48. The molecule has 1 N–H and O–H groups in total. The smallest absolute Gasteiger partial charge is 0.282 e. The first kappa shape index (κ1) is 19.8. The standard InChI is InChI=1S/C24H20ClN3O2S/c25-16-5-9-19(10-6-16)28-23(29)21(20-4-3-15-31-20)22(24(28)30)26-17-7-11-18(12-8-17)27-13-1-2-14-27/h3-12,15,26H,1-2,13-14H2. The number of thiophene rings is 1. The van der Waals surface area contributed by atoms with Gasteiger partial charge in [0.15, 0.2) is 0 Å². The highest BCUT2D eigenvalue weighted by Gasteiger charge is 2.40. The fourth-order valence-electron chi connectivity index (χ4n) is 3.99. The molecule has 0 aliphatic carbocycles. The van der Waals surface area contributed by atoms with E-state index in [0.717, 1.165) is 23.7 Å². The van der Waals surface area contributed by atoms with Crippen molar-refractivity contribution in [1.82, 2.24) is 0 Å². The number of hydrogen-bond acceptors (Lipinski definition) is 5. The fourth-order valence-corrected chi connectivity index (χ4v) is 4.89. The second kappa shape index (κ2) is 8.21. The van der Waals surface area contributed by atoms with E-state index >= 15 is 0 Å². The van der Waals surface area contributed by atoms with E-state index in [0.29, 0.717) is 16.3 Å². The normalized spacial score (nSPS) is 16.5. The van der Waals surface area contributed by atoms with Crippen LogP contribution in [0, 0.1) is 0 Å². The monoisotopic (exact) mass is 449 g/mol. The maximum Gasteiger partial charge on any atom is 0.282 e. The van der Waals surface area contributed by atoms with Crippen molar-refractivity contribution in [2.24, 2.45) is 0 Å². The molecule has 5 nitrogen and oxygen atoms in total. The molecule has 2 aliphatic heterocycles. The van der Waals surface area contributed by atoms with Crippen LogP contribution in [-0.4, -0.2) is 24.9 Å². The number of anilines is 3. The Hall–Kier alpha value is -3.09. The summed E-state index contributed by atoms with van der Waals surface area (Å²) in [6.07, 6.45) is 2.43. The molecule has 2 amide bonds. The minimum absolute atomic E-state index is 0.288. The molecule has 31 heavy (non-hydrogen) atoms. The van der Waals surface area contributed by atoms with E-state index in [2.05, 4.69) is 22.3 Å². The fraction of sp³-hybridized carbons (Fsp3) is 0.167. The Labute approximate surface area is 189 Å². The van der Waals surface area contributed by atoms with Crippen LogP contribution in [0.2, 0.25) is 5.02 Å². The summed E-state index contributed by atoms with van der Waals surface area (Å²) in [5.74, 6) is -0.717. The zero-order chi connectivity index (χ0) is 21.4. The first-order valence-corrected chi connectivity index (χ1v) is 11.4. The van der Waals surface area contributed by atoms with Crippen molar-refractivity contribution in [3.63, 3.8) is 0 Å². The molecule has 3 heterocycles. The van der Waals surface area contributed by atoms with Gasteiger partial charge in [-0.25, -0.2) is 4.90 Å². The van der Waals surface area contributed by atoms with Crippen LogP contribution in [0.3, 0.4) is 0 Å². The van der Waals surface area contributed by atoms with Gasteiger partial charge in [-0.15, -0.1) is 11.3 Å². The third-order valence-electron chi connectivity index (χ3n) is 5.54. The lowest BCUT2D eigenvalue weighted by Gasteiger charge is -2.18. The largest absolute Gasteiger partial charge is 0.372 e. The van der Waals surface area contributed by atoms with Crippen molar-refractivity contribution in [2.45, 2.75) is 12.8 Å². The first-order valence-electron chi connectivity index (χ1n) is 10.2. The number of rotatable bonds is 5. The maximum atomic E-state index is 13.3. The van der Waals surface area contributed by atoms with Crippen molar-refractivity contribution in [3.05, 3.63) is 81.6 Å². The van der Waals surface area contributed by atoms with E-state index in [4.69, 9.17) is 11.6 Å². The van der Waals surface area contributed by atoms with E-state index < -0.39 is 0 Å². The van der Waals surface area contributed by atoms with E-state index in [1.165, 1.54) is 34.8 Å². The Morgan fingerprint density at radius 2 is 1.52 bits per heavy atom. The molecule has 2 aromatic carbocycles. The number of hydrogen-bond donors (Lipinski definition) is 1. The van der Waals surface area contributed by atoms with Gasteiger partial charge in [-0.3, -0.25) is 9.59 Å². The Kier molecular flexibility index (Phi) is 5.26. The van der Waals surface area contributed by atoms with E-state index in [1.54, 1.807) is 24.3 Å². The summed E-state index contributed by atoms with van der Waals surface area (Å²) in [4.78, 5) is 30.9. The maximum absolute atomic E-state index is 13.3. The molecule has 7 heteroatoms. The molecule has 0 bridgehead atoms. The van der Waals surface area contributed by atoms with Crippen LogP contribution in [-0.2, 0) is 9.59 Å². The summed E-state index contributed by atoms with van der Waals surface area (Å²) >= 11 is 7.42. The van der Waals surface area contributed by atoms with Crippen LogP contribution in [0.5, 0.6) is 0 Å². The zero-order valence-electron chi connectivity index (χ0n) is 16.7. The number of amides is 2. The lowest BCUT2D eigenvalue weighted by molar-refractivity contribution is -0.120. The number of carbonyl (C=O) groups is 2. The molecule has 1 saturated heterocycles. The van der Waals surface area contributed by atoms with Crippen molar-refractivity contribution >= 4 is 57.4 Å². The minimum Gasteiger partial charge on any atom is -0.372 e. The lowest BCUT2D eigenvalue weighted by Crippen LogP contribution is -2.32. The molecule has 0 atom stereocenters. The van der Waals surface area contributed by atoms with Crippen molar-refractivity contribution in [2.75, 3.05) is 28.2 Å². The molecule has 156 valence electrons. The van der Waals surface area contributed by atoms with Crippen LogP contribution in [0.4, 0.5) is 17.1 Å². The number of imide groups is 1.